The standard InChI is InChI=1S/C25H23FO2S/c26-18-3-1-17(2-4-18)22-20-6-5-19(27)10-21(20)29-23(22)24(28)25-11-14-7-15(12-25)9-16(8-14)13-25/h1-6,10,14-16,27H,7-9,11-13H2. The SMILES string of the molecule is O=C(c1sc2cc(O)ccc2c1-c1ccc(F)cc1)C12CC3CC(CC(C3)C1)C2. The Kier molecular flexibility index (Phi) is 3.74. The average Bonchev–Trinajstić information content (AvgIpc) is 3.05. The van der Waals surface area contributed by atoms with Crippen molar-refractivity contribution in [3.63, 3.8) is 0 Å². The van der Waals surface area contributed by atoms with Gasteiger partial charge in [-0.05, 0) is 92.2 Å². The molecule has 4 saturated carbocycles. The lowest BCUT2D eigenvalue weighted by molar-refractivity contribution is -0.0350. The quantitative estimate of drug-likeness (QED) is 0.485. The van der Waals surface area contributed by atoms with Gasteiger partial charge in [0.05, 0.1) is 4.88 Å². The summed E-state index contributed by atoms with van der Waals surface area (Å²) in [6.07, 6.45) is 6.99. The maximum absolute atomic E-state index is 14.1. The minimum absolute atomic E-state index is 0.207. The van der Waals surface area contributed by atoms with Crippen molar-refractivity contribution in [2.45, 2.75) is 38.5 Å². The molecule has 4 heteroatoms. The Morgan fingerprint density at radius 3 is 2.21 bits per heavy atom. The highest BCUT2D eigenvalue weighted by molar-refractivity contribution is 7.21. The van der Waals surface area contributed by atoms with Crippen LogP contribution in [-0.4, -0.2) is 10.9 Å². The van der Waals surface area contributed by atoms with E-state index in [1.54, 1.807) is 24.3 Å². The fourth-order valence-electron chi connectivity index (χ4n) is 6.78. The van der Waals surface area contributed by atoms with Crippen LogP contribution in [0.3, 0.4) is 0 Å². The molecule has 2 nitrogen and oxygen atoms in total. The van der Waals surface area contributed by atoms with Gasteiger partial charge in [-0.25, -0.2) is 4.39 Å². The van der Waals surface area contributed by atoms with Crippen molar-refractivity contribution in [3.05, 3.63) is 53.2 Å². The lowest BCUT2D eigenvalue weighted by atomic mass is 9.48. The van der Waals surface area contributed by atoms with Gasteiger partial charge in [0.2, 0.25) is 0 Å². The monoisotopic (exact) mass is 406 g/mol. The third kappa shape index (κ3) is 2.68. The number of phenolic OH excluding ortho intramolecular Hbond substituents is 1. The first-order valence-electron chi connectivity index (χ1n) is 10.6. The van der Waals surface area contributed by atoms with E-state index in [0.29, 0.717) is 17.8 Å². The zero-order chi connectivity index (χ0) is 19.8. The van der Waals surface area contributed by atoms with E-state index in [2.05, 4.69) is 0 Å². The Balaban J connectivity index is 1.53. The molecule has 4 aliphatic rings. The molecule has 0 amide bonds. The molecular weight excluding hydrogens is 383 g/mol. The van der Waals surface area contributed by atoms with Gasteiger partial charge in [0.25, 0.3) is 0 Å². The number of rotatable bonds is 3. The van der Waals surface area contributed by atoms with Crippen LogP contribution in [0.1, 0.15) is 48.2 Å². The number of hydrogen-bond donors (Lipinski definition) is 1. The lowest BCUT2D eigenvalue weighted by Crippen LogP contribution is -2.49. The minimum atomic E-state index is -0.278. The summed E-state index contributed by atoms with van der Waals surface area (Å²) in [6, 6.07) is 11.7. The predicted octanol–water partition coefficient (Wildman–Crippen LogP) is 6.81. The zero-order valence-corrected chi connectivity index (χ0v) is 17.0. The average molecular weight is 407 g/mol. The van der Waals surface area contributed by atoms with E-state index in [1.165, 1.54) is 42.7 Å². The van der Waals surface area contributed by atoms with Gasteiger partial charge in [0, 0.05) is 21.1 Å². The summed E-state index contributed by atoms with van der Waals surface area (Å²) in [5, 5.41) is 10.9. The van der Waals surface area contributed by atoms with Gasteiger partial charge in [-0.1, -0.05) is 12.1 Å². The van der Waals surface area contributed by atoms with Crippen LogP contribution in [-0.2, 0) is 0 Å². The van der Waals surface area contributed by atoms with Gasteiger partial charge in [-0.3, -0.25) is 4.79 Å². The second kappa shape index (κ2) is 6.15. The third-order valence-corrected chi connectivity index (χ3v) is 8.68. The maximum atomic E-state index is 14.1. The van der Waals surface area contributed by atoms with Crippen LogP contribution in [0.4, 0.5) is 4.39 Å². The summed E-state index contributed by atoms with van der Waals surface area (Å²) < 4.78 is 14.5. The molecule has 0 spiro atoms. The highest BCUT2D eigenvalue weighted by atomic mass is 32.1. The van der Waals surface area contributed by atoms with Crippen molar-refractivity contribution < 1.29 is 14.3 Å². The van der Waals surface area contributed by atoms with E-state index in [1.807, 2.05) is 6.07 Å². The summed E-state index contributed by atoms with van der Waals surface area (Å²) in [6.45, 7) is 0. The number of carbonyl (C=O) groups excluding carboxylic acids is 1. The molecule has 1 heterocycles. The first-order chi connectivity index (χ1) is 14.0. The third-order valence-electron chi connectivity index (χ3n) is 7.53. The number of fused-ring (bicyclic) bond motifs is 1. The fourth-order valence-corrected chi connectivity index (χ4v) is 8.10. The highest BCUT2D eigenvalue weighted by Gasteiger charge is 2.55. The van der Waals surface area contributed by atoms with Crippen molar-refractivity contribution in [1.82, 2.24) is 0 Å². The van der Waals surface area contributed by atoms with Crippen LogP contribution in [0.2, 0.25) is 0 Å². The molecule has 0 aliphatic heterocycles. The molecule has 4 fully saturated rings. The Morgan fingerprint density at radius 2 is 1.59 bits per heavy atom. The molecule has 3 aromatic rings. The molecular formula is C25H23FO2S. The number of carbonyl (C=O) groups is 1. The second-order valence-corrected chi connectivity index (χ2v) is 10.6. The van der Waals surface area contributed by atoms with E-state index >= 15 is 0 Å². The van der Waals surface area contributed by atoms with Gasteiger partial charge < -0.3 is 5.11 Å². The van der Waals surface area contributed by atoms with Crippen molar-refractivity contribution >= 4 is 27.2 Å². The van der Waals surface area contributed by atoms with Crippen LogP contribution in [0, 0.1) is 29.0 Å². The molecule has 7 rings (SSSR count). The number of phenols is 1. The molecule has 4 bridgehead atoms. The first kappa shape index (κ1) is 17.6. The summed E-state index contributed by atoms with van der Waals surface area (Å²) in [4.78, 5) is 14.9. The van der Waals surface area contributed by atoms with Crippen molar-refractivity contribution in [2.75, 3.05) is 0 Å². The molecule has 4 aliphatic carbocycles. The maximum Gasteiger partial charge on any atom is 0.179 e. The van der Waals surface area contributed by atoms with Crippen molar-refractivity contribution in [3.8, 4) is 16.9 Å². The van der Waals surface area contributed by atoms with Crippen LogP contribution >= 0.6 is 11.3 Å². The molecule has 0 radical (unpaired) electrons. The summed E-state index contributed by atoms with van der Waals surface area (Å²) in [5.74, 6) is 2.34. The van der Waals surface area contributed by atoms with Crippen LogP contribution in [0.15, 0.2) is 42.5 Å². The fraction of sp³-hybridized carbons (Fsp3) is 0.400. The predicted molar refractivity (Wildman–Crippen MR) is 114 cm³/mol. The Morgan fingerprint density at radius 1 is 0.966 bits per heavy atom. The smallest absolute Gasteiger partial charge is 0.179 e. The number of aromatic hydroxyl groups is 1. The minimum Gasteiger partial charge on any atom is -0.508 e. The van der Waals surface area contributed by atoms with Gasteiger partial charge in [0.15, 0.2) is 5.78 Å². The number of ketones is 1. The summed E-state index contributed by atoms with van der Waals surface area (Å²) in [5.41, 5.74) is 1.56. The molecule has 1 aromatic heterocycles. The normalized spacial score (nSPS) is 30.2. The van der Waals surface area contributed by atoms with Gasteiger partial charge in [-0.2, -0.15) is 0 Å². The van der Waals surface area contributed by atoms with Crippen molar-refractivity contribution in [2.24, 2.45) is 23.2 Å². The zero-order valence-electron chi connectivity index (χ0n) is 16.2. The van der Waals surface area contributed by atoms with Crippen LogP contribution in [0.5, 0.6) is 5.75 Å². The van der Waals surface area contributed by atoms with Gasteiger partial charge >= 0.3 is 0 Å². The van der Waals surface area contributed by atoms with Crippen molar-refractivity contribution in [1.29, 1.82) is 0 Å². The number of hydrogen-bond acceptors (Lipinski definition) is 3. The molecule has 1 N–H and O–H groups in total. The molecule has 0 atom stereocenters. The second-order valence-electron chi connectivity index (χ2n) is 9.52. The Labute approximate surface area is 173 Å². The van der Waals surface area contributed by atoms with E-state index in [4.69, 9.17) is 0 Å². The van der Waals surface area contributed by atoms with E-state index < -0.39 is 0 Å². The lowest BCUT2D eigenvalue weighted by Gasteiger charge is -2.55. The molecule has 29 heavy (non-hydrogen) atoms. The van der Waals surface area contributed by atoms with E-state index in [0.717, 1.165) is 45.4 Å². The van der Waals surface area contributed by atoms with Crippen LogP contribution < -0.4 is 0 Å². The number of benzene rings is 2. The van der Waals surface area contributed by atoms with E-state index in [-0.39, 0.29) is 22.8 Å². The molecule has 2 aromatic carbocycles. The Hall–Kier alpha value is -2.20. The number of halogens is 1. The first-order valence-corrected chi connectivity index (χ1v) is 11.4. The topological polar surface area (TPSA) is 37.3 Å². The highest BCUT2D eigenvalue weighted by Crippen LogP contribution is 2.61. The summed E-state index contributed by atoms with van der Waals surface area (Å²) >= 11 is 1.49. The number of thiophene rings is 1. The molecule has 0 unspecified atom stereocenters. The molecule has 148 valence electrons. The van der Waals surface area contributed by atoms with Crippen LogP contribution in [0.25, 0.3) is 21.2 Å². The number of Topliss-reactive ketones (excluding diaryl/α,β-unsaturated/α-hetero) is 1. The Bertz CT molecular complexity index is 1090. The summed E-state index contributed by atoms with van der Waals surface area (Å²) in [7, 11) is 0. The molecule has 0 saturated heterocycles. The largest absolute Gasteiger partial charge is 0.508 e. The van der Waals surface area contributed by atoms with Gasteiger partial charge in [0.1, 0.15) is 11.6 Å². The van der Waals surface area contributed by atoms with E-state index in [9.17, 15) is 14.3 Å². The van der Waals surface area contributed by atoms with Gasteiger partial charge in [-0.15, -0.1) is 11.3 Å².